The molecule has 0 saturated carbocycles. The van der Waals surface area contributed by atoms with Gasteiger partial charge in [-0.3, -0.25) is 4.79 Å². The molecule has 0 fully saturated rings. The number of carbonyl (C=O) groups excluding carboxylic acids is 1. The van der Waals surface area contributed by atoms with Gasteiger partial charge in [0.05, 0.1) is 5.56 Å². The van der Waals surface area contributed by atoms with Crippen molar-refractivity contribution in [1.82, 2.24) is 5.32 Å². The number of nitrogens with one attached hydrogen (secondary N) is 2. The minimum atomic E-state index is -0.140. The quantitative estimate of drug-likeness (QED) is 0.751. The van der Waals surface area contributed by atoms with E-state index in [-0.39, 0.29) is 12.1 Å². The van der Waals surface area contributed by atoms with Crippen LogP contribution < -0.4 is 10.6 Å². The van der Waals surface area contributed by atoms with E-state index >= 15 is 0 Å². The average Bonchev–Trinajstić information content (AvgIpc) is 2.92. The Kier molecular flexibility index (Phi) is 3.91. The van der Waals surface area contributed by atoms with Gasteiger partial charge in [-0.1, -0.05) is 50.6 Å². The number of hydrogen-bond acceptors (Lipinski definition) is 3. The Morgan fingerprint density at radius 2 is 1.84 bits per heavy atom. The van der Waals surface area contributed by atoms with Crippen LogP contribution in [0, 0.1) is 18.3 Å². The SMILES string of the molecule is Cc1ccc([C@H]2NC(=O)c3c(sc4c3CC[C@H](C(C)(C)C)C4)N2)cc1. The summed E-state index contributed by atoms with van der Waals surface area (Å²) in [5, 5.41) is 7.75. The number of carbonyl (C=O) groups is 1. The van der Waals surface area contributed by atoms with Gasteiger partial charge in [-0.05, 0) is 48.6 Å². The van der Waals surface area contributed by atoms with Crippen molar-refractivity contribution >= 4 is 22.2 Å². The smallest absolute Gasteiger partial charge is 0.256 e. The second-order valence-electron chi connectivity index (χ2n) is 8.48. The van der Waals surface area contributed by atoms with Crippen molar-refractivity contribution in [2.24, 2.45) is 11.3 Å². The van der Waals surface area contributed by atoms with E-state index in [0.29, 0.717) is 11.3 Å². The van der Waals surface area contributed by atoms with E-state index in [2.05, 4.69) is 62.6 Å². The van der Waals surface area contributed by atoms with E-state index in [9.17, 15) is 4.79 Å². The molecule has 0 radical (unpaired) electrons. The van der Waals surface area contributed by atoms with E-state index in [0.717, 1.165) is 29.0 Å². The van der Waals surface area contributed by atoms with Crippen LogP contribution in [0.4, 0.5) is 5.00 Å². The highest BCUT2D eigenvalue weighted by molar-refractivity contribution is 7.16. The van der Waals surface area contributed by atoms with Crippen molar-refractivity contribution in [2.45, 2.75) is 53.1 Å². The molecular weight excluding hydrogens is 328 g/mol. The topological polar surface area (TPSA) is 41.1 Å². The number of rotatable bonds is 1. The van der Waals surface area contributed by atoms with Crippen LogP contribution in [0.5, 0.6) is 0 Å². The Morgan fingerprint density at radius 3 is 2.52 bits per heavy atom. The maximum Gasteiger partial charge on any atom is 0.256 e. The van der Waals surface area contributed by atoms with Gasteiger partial charge in [-0.15, -0.1) is 11.3 Å². The predicted octanol–water partition coefficient (Wildman–Crippen LogP) is 5.06. The first kappa shape index (κ1) is 16.6. The molecule has 1 aliphatic carbocycles. The fraction of sp³-hybridized carbons (Fsp3) is 0.476. The minimum absolute atomic E-state index is 0.0750. The van der Waals surface area contributed by atoms with Crippen LogP contribution in [-0.2, 0) is 12.8 Å². The Balaban J connectivity index is 1.64. The Hall–Kier alpha value is -1.81. The summed E-state index contributed by atoms with van der Waals surface area (Å²) in [5.74, 6) is 0.766. The van der Waals surface area contributed by atoms with E-state index in [1.165, 1.54) is 22.4 Å². The van der Waals surface area contributed by atoms with Gasteiger partial charge in [0.15, 0.2) is 0 Å². The highest BCUT2D eigenvalue weighted by Crippen LogP contribution is 2.45. The number of amides is 1. The zero-order chi connectivity index (χ0) is 17.8. The lowest BCUT2D eigenvalue weighted by Crippen LogP contribution is -2.38. The van der Waals surface area contributed by atoms with Crippen LogP contribution in [0.15, 0.2) is 24.3 Å². The van der Waals surface area contributed by atoms with Crippen molar-refractivity contribution in [2.75, 3.05) is 5.32 Å². The highest BCUT2D eigenvalue weighted by Gasteiger charge is 2.36. The molecule has 1 aromatic heterocycles. The largest absolute Gasteiger partial charge is 0.353 e. The molecule has 2 heterocycles. The zero-order valence-corrected chi connectivity index (χ0v) is 16.2. The lowest BCUT2D eigenvalue weighted by Gasteiger charge is -2.34. The van der Waals surface area contributed by atoms with Crippen LogP contribution in [0.3, 0.4) is 0 Å². The Morgan fingerprint density at radius 1 is 1.12 bits per heavy atom. The van der Waals surface area contributed by atoms with Crippen LogP contribution in [0.2, 0.25) is 0 Å². The molecule has 2 aliphatic rings. The van der Waals surface area contributed by atoms with Gasteiger partial charge >= 0.3 is 0 Å². The molecule has 0 bridgehead atoms. The molecular formula is C21H26N2OS. The number of hydrogen-bond donors (Lipinski definition) is 2. The monoisotopic (exact) mass is 354 g/mol. The van der Waals surface area contributed by atoms with Crippen molar-refractivity contribution in [1.29, 1.82) is 0 Å². The van der Waals surface area contributed by atoms with Crippen molar-refractivity contribution in [3.8, 4) is 0 Å². The predicted molar refractivity (Wildman–Crippen MR) is 104 cm³/mol. The third-order valence-corrected chi connectivity index (χ3v) is 6.86. The van der Waals surface area contributed by atoms with E-state index in [1.807, 2.05) is 0 Å². The third kappa shape index (κ3) is 2.97. The van der Waals surface area contributed by atoms with Gasteiger partial charge < -0.3 is 10.6 Å². The van der Waals surface area contributed by atoms with Gasteiger partial charge in [0.1, 0.15) is 11.2 Å². The zero-order valence-electron chi connectivity index (χ0n) is 15.4. The summed E-state index contributed by atoms with van der Waals surface area (Å²) >= 11 is 1.79. The van der Waals surface area contributed by atoms with Gasteiger partial charge in [0.25, 0.3) is 5.91 Å². The number of thiophene rings is 1. The van der Waals surface area contributed by atoms with Crippen molar-refractivity contribution in [3.05, 3.63) is 51.4 Å². The summed E-state index contributed by atoms with van der Waals surface area (Å²) < 4.78 is 0. The molecule has 25 heavy (non-hydrogen) atoms. The van der Waals surface area contributed by atoms with E-state index < -0.39 is 0 Å². The molecule has 0 spiro atoms. The molecule has 2 N–H and O–H groups in total. The molecule has 2 aromatic rings. The van der Waals surface area contributed by atoms with Gasteiger partial charge in [0.2, 0.25) is 0 Å². The summed E-state index contributed by atoms with van der Waals surface area (Å²) in [5.41, 5.74) is 4.83. The molecule has 2 atom stereocenters. The average molecular weight is 355 g/mol. The van der Waals surface area contributed by atoms with Gasteiger partial charge in [0, 0.05) is 4.88 Å². The van der Waals surface area contributed by atoms with Crippen LogP contribution in [0.25, 0.3) is 0 Å². The maximum absolute atomic E-state index is 12.8. The molecule has 1 amide bonds. The van der Waals surface area contributed by atoms with Crippen molar-refractivity contribution in [3.63, 3.8) is 0 Å². The van der Waals surface area contributed by atoms with Gasteiger partial charge in [-0.25, -0.2) is 0 Å². The maximum atomic E-state index is 12.8. The number of benzene rings is 1. The van der Waals surface area contributed by atoms with E-state index in [4.69, 9.17) is 0 Å². The first-order valence-electron chi connectivity index (χ1n) is 9.11. The molecule has 4 heteroatoms. The molecule has 0 saturated heterocycles. The first-order valence-corrected chi connectivity index (χ1v) is 9.93. The highest BCUT2D eigenvalue weighted by atomic mass is 32.1. The standard InChI is InChI=1S/C21H26N2OS/c1-12-5-7-13(8-6-12)18-22-19(24)17-15-10-9-14(21(2,3)4)11-16(15)25-20(17)23-18/h5-8,14,18,23H,9-11H2,1-4H3,(H,22,24)/t14-,18-/m0/s1. The third-order valence-electron chi connectivity index (χ3n) is 5.68. The summed E-state index contributed by atoms with van der Waals surface area (Å²) in [6.45, 7) is 9.06. The summed E-state index contributed by atoms with van der Waals surface area (Å²) in [6, 6.07) is 8.35. The summed E-state index contributed by atoms with van der Waals surface area (Å²) in [4.78, 5) is 14.2. The summed E-state index contributed by atoms with van der Waals surface area (Å²) in [6.07, 6.45) is 3.15. The number of anilines is 1. The fourth-order valence-electron chi connectivity index (χ4n) is 3.96. The Labute approximate surface area is 153 Å². The summed E-state index contributed by atoms with van der Waals surface area (Å²) in [7, 11) is 0. The van der Waals surface area contributed by atoms with Crippen LogP contribution in [-0.4, -0.2) is 5.91 Å². The number of fused-ring (bicyclic) bond motifs is 3. The van der Waals surface area contributed by atoms with E-state index in [1.54, 1.807) is 11.3 Å². The molecule has 1 aliphatic heterocycles. The normalized spacial score (nSPS) is 22.6. The lowest BCUT2D eigenvalue weighted by molar-refractivity contribution is 0.0935. The van der Waals surface area contributed by atoms with Crippen LogP contribution >= 0.6 is 11.3 Å². The van der Waals surface area contributed by atoms with Crippen molar-refractivity contribution < 1.29 is 4.79 Å². The van der Waals surface area contributed by atoms with Crippen LogP contribution in [0.1, 0.15) is 65.3 Å². The Bertz CT molecular complexity index is 814. The fourth-order valence-corrected chi connectivity index (χ4v) is 5.32. The lowest BCUT2D eigenvalue weighted by atomic mass is 9.72. The molecule has 4 rings (SSSR count). The minimum Gasteiger partial charge on any atom is -0.353 e. The molecule has 3 nitrogen and oxygen atoms in total. The number of aryl methyl sites for hydroxylation is 1. The molecule has 132 valence electrons. The molecule has 1 aromatic carbocycles. The second kappa shape index (κ2) is 5.87. The molecule has 0 unspecified atom stereocenters. The van der Waals surface area contributed by atoms with Gasteiger partial charge in [-0.2, -0.15) is 0 Å². The second-order valence-corrected chi connectivity index (χ2v) is 9.58. The first-order chi connectivity index (χ1) is 11.8.